The van der Waals surface area contributed by atoms with Crippen LogP contribution in [0.3, 0.4) is 0 Å². The van der Waals surface area contributed by atoms with E-state index in [0.717, 1.165) is 12.8 Å². The summed E-state index contributed by atoms with van der Waals surface area (Å²) in [6, 6.07) is 33.3. The Morgan fingerprint density at radius 3 is 1.40 bits per heavy atom. The van der Waals surface area contributed by atoms with Gasteiger partial charge in [-0.05, 0) is 28.4 Å². The molecule has 0 heterocycles. The summed E-state index contributed by atoms with van der Waals surface area (Å²) in [7, 11) is 0. The number of halogens is 2. The Balaban J connectivity index is 0.000000302. The second-order valence-electron chi connectivity index (χ2n) is 20.9. The Bertz CT molecular complexity index is 1900. The van der Waals surface area contributed by atoms with Gasteiger partial charge < -0.3 is 24.8 Å². The van der Waals surface area contributed by atoms with Gasteiger partial charge in [-0.2, -0.15) is 35.4 Å². The Morgan fingerprint density at radius 1 is 0.579 bits per heavy atom. The fraction of sp³-hybridized carbons (Fsp3) is 0.463. The first-order valence-corrected chi connectivity index (χ1v) is 21.8. The zero-order valence-electron chi connectivity index (χ0n) is 38.3. The van der Waals surface area contributed by atoms with Crippen molar-refractivity contribution in [2.75, 3.05) is 0 Å². The third-order valence-electron chi connectivity index (χ3n) is 10.8. The van der Waals surface area contributed by atoms with E-state index in [9.17, 15) is 0 Å². The third-order valence-corrected chi connectivity index (χ3v) is 12.3. The zero-order chi connectivity index (χ0) is 41.3. The molecule has 0 spiro atoms. The van der Waals surface area contributed by atoms with Gasteiger partial charge in [-0.25, -0.2) is 5.57 Å². The predicted octanol–water partition coefficient (Wildman–Crippen LogP) is 8.81. The molecule has 2 aliphatic rings. The molecule has 0 amide bonds. The Hall–Kier alpha value is -2.31. The number of rotatable bonds is 3. The smallest absolute Gasteiger partial charge is 0.0642 e. The SMILES string of the molecule is CC(C)(C)c1[c-]c2c(cc1)-c1ccc(C(C)(C)C)cc1C2.CC(C)(C)c1ccc([C](=[Zr+2])c2ccc(C(C)(C)C)cc2)cc1.CCC1=[C-]C(C)C=C1C(C)(C)C.[Cl-].[Cl-]. The van der Waals surface area contributed by atoms with Gasteiger partial charge in [0.15, 0.2) is 0 Å². The van der Waals surface area contributed by atoms with Crippen molar-refractivity contribution in [3.05, 3.63) is 153 Å². The molecule has 2 aliphatic carbocycles. The summed E-state index contributed by atoms with van der Waals surface area (Å²) < 4.78 is 1.42. The maximum absolute atomic E-state index is 3.67. The molecule has 1 atom stereocenters. The van der Waals surface area contributed by atoms with E-state index in [1.807, 2.05) is 0 Å². The van der Waals surface area contributed by atoms with Crippen LogP contribution in [0.2, 0.25) is 0 Å². The van der Waals surface area contributed by atoms with Gasteiger partial charge in [-0.1, -0.05) is 118 Å². The molecule has 0 saturated carbocycles. The van der Waals surface area contributed by atoms with E-state index < -0.39 is 0 Å². The maximum Gasteiger partial charge on any atom is -0.0642 e. The summed E-state index contributed by atoms with van der Waals surface area (Å²) in [4.78, 5) is 0. The first kappa shape index (κ1) is 50.8. The fourth-order valence-corrected chi connectivity index (χ4v) is 8.03. The van der Waals surface area contributed by atoms with E-state index in [1.54, 1.807) is 0 Å². The van der Waals surface area contributed by atoms with Crippen LogP contribution in [-0.4, -0.2) is 3.21 Å². The first-order chi connectivity index (χ1) is 25.2. The average Bonchev–Trinajstić information content (AvgIpc) is 3.66. The molecule has 3 heteroatoms. The summed E-state index contributed by atoms with van der Waals surface area (Å²) in [6.07, 6.45) is 7.98. The molecule has 4 aromatic carbocycles. The Kier molecular flexibility index (Phi) is 17.3. The summed E-state index contributed by atoms with van der Waals surface area (Å²) in [5, 5.41) is 0. The van der Waals surface area contributed by atoms with Crippen LogP contribution in [0.4, 0.5) is 0 Å². The van der Waals surface area contributed by atoms with Crippen molar-refractivity contribution in [2.24, 2.45) is 11.3 Å². The molecule has 306 valence electrons. The summed E-state index contributed by atoms with van der Waals surface area (Å²) in [5.74, 6) is 0.522. The minimum absolute atomic E-state index is 0. The third kappa shape index (κ3) is 13.3. The predicted molar refractivity (Wildman–Crippen MR) is 238 cm³/mol. The van der Waals surface area contributed by atoms with Gasteiger partial charge in [-0.3, -0.25) is 6.08 Å². The van der Waals surface area contributed by atoms with Gasteiger partial charge in [0.1, 0.15) is 0 Å². The Morgan fingerprint density at radius 2 is 1.02 bits per heavy atom. The second kappa shape index (κ2) is 19.4. The summed E-state index contributed by atoms with van der Waals surface area (Å²) in [5.41, 5.74) is 17.8. The standard InChI is InChI=1S/C21H25.C21H26.C12H19.2ClH.Zr/c1-20(2,3)16-7-9-18-14(12-16)11-15-13-17(21(4,5)6)8-10-19(15)18;1-20(2,3)18-11-7-16(8-12-18)15-17-9-13-19(14-10-17)21(4,5)6;1-6-10-7-9(2)8-11(10)12(3,4)5;;;/h7-10,12H,11H2,1-6H3;7-14H,1-6H3;8-9H,6H2,1-5H3;2*1H;/q-1;;-1;;;+2/p-2. The minimum atomic E-state index is 0. The van der Waals surface area contributed by atoms with E-state index in [-0.39, 0.29) is 46.5 Å². The number of hydrogen-bond donors (Lipinski definition) is 0. The molecule has 0 bridgehead atoms. The van der Waals surface area contributed by atoms with Crippen LogP contribution in [0.15, 0.2) is 96.1 Å². The van der Waals surface area contributed by atoms with Crippen molar-refractivity contribution < 1.29 is 49.0 Å². The molecule has 0 radical (unpaired) electrons. The van der Waals surface area contributed by atoms with E-state index in [4.69, 9.17) is 0 Å². The first-order valence-electron chi connectivity index (χ1n) is 20.5. The Labute approximate surface area is 377 Å². The molecular weight excluding hydrogens is 811 g/mol. The van der Waals surface area contributed by atoms with Crippen molar-refractivity contribution in [1.82, 2.24) is 0 Å². The number of hydrogen-bond acceptors (Lipinski definition) is 0. The molecule has 0 N–H and O–H groups in total. The molecule has 0 fully saturated rings. The van der Waals surface area contributed by atoms with Crippen LogP contribution in [-0.2, 0) is 52.3 Å². The van der Waals surface area contributed by atoms with Crippen LogP contribution in [0.25, 0.3) is 11.1 Å². The van der Waals surface area contributed by atoms with Crippen LogP contribution in [0, 0.1) is 23.5 Å². The van der Waals surface area contributed by atoms with Crippen molar-refractivity contribution in [3.63, 3.8) is 0 Å². The zero-order valence-corrected chi connectivity index (χ0v) is 42.3. The van der Waals surface area contributed by atoms with Crippen LogP contribution >= 0.6 is 0 Å². The van der Waals surface area contributed by atoms with Gasteiger partial charge >= 0.3 is 151 Å². The number of fused-ring (bicyclic) bond motifs is 3. The topological polar surface area (TPSA) is 0 Å². The molecular formula is C54H70Cl2Zr-2. The van der Waals surface area contributed by atoms with E-state index in [1.165, 1.54) is 94.2 Å². The van der Waals surface area contributed by atoms with E-state index in [0.29, 0.717) is 11.3 Å². The molecule has 1 unspecified atom stereocenters. The summed E-state index contributed by atoms with van der Waals surface area (Å²) >= 11 is 1.46. The summed E-state index contributed by atoms with van der Waals surface area (Å²) in [6.45, 7) is 38.4. The molecule has 0 nitrogen and oxygen atoms in total. The van der Waals surface area contributed by atoms with Crippen molar-refractivity contribution in [2.45, 2.75) is 152 Å². The average molecular weight is 881 g/mol. The van der Waals surface area contributed by atoms with E-state index >= 15 is 0 Å². The molecule has 0 aromatic heterocycles. The van der Waals surface area contributed by atoms with Gasteiger partial charge in [0.25, 0.3) is 0 Å². The second-order valence-corrected chi connectivity index (χ2v) is 22.2. The van der Waals surface area contributed by atoms with E-state index in [2.05, 4.69) is 215 Å². The molecule has 57 heavy (non-hydrogen) atoms. The fourth-order valence-electron chi connectivity index (χ4n) is 7.21. The van der Waals surface area contributed by atoms with Crippen LogP contribution in [0.5, 0.6) is 0 Å². The van der Waals surface area contributed by atoms with Gasteiger partial charge in [0, 0.05) is 0 Å². The quantitative estimate of drug-likeness (QED) is 0.159. The van der Waals surface area contributed by atoms with Crippen molar-refractivity contribution >= 4 is 3.21 Å². The molecule has 6 rings (SSSR count). The van der Waals surface area contributed by atoms with Gasteiger partial charge in [0.05, 0.1) is 0 Å². The van der Waals surface area contributed by atoms with Crippen LogP contribution in [0.1, 0.15) is 169 Å². The van der Waals surface area contributed by atoms with Crippen LogP contribution < -0.4 is 24.8 Å². The number of benzene rings is 4. The van der Waals surface area contributed by atoms with Gasteiger partial charge in [0.2, 0.25) is 0 Å². The number of allylic oxidation sites excluding steroid dienone is 4. The van der Waals surface area contributed by atoms with Crippen molar-refractivity contribution in [3.8, 4) is 11.1 Å². The molecule has 0 aliphatic heterocycles. The minimum Gasteiger partial charge on any atom is -1.00 e. The van der Waals surface area contributed by atoms with Gasteiger partial charge in [-0.15, -0.1) is 11.1 Å². The molecule has 4 aromatic rings. The largest absolute Gasteiger partial charge is 1.00 e. The monoisotopic (exact) mass is 878 g/mol. The normalized spacial score (nSPS) is 15.0. The molecule has 0 saturated heterocycles. The maximum atomic E-state index is 3.67. The van der Waals surface area contributed by atoms with Crippen molar-refractivity contribution in [1.29, 1.82) is 0 Å².